The summed E-state index contributed by atoms with van der Waals surface area (Å²) in [6.07, 6.45) is 2.29. The molecule has 5 heteroatoms. The van der Waals surface area contributed by atoms with Crippen molar-refractivity contribution >= 4 is 16.8 Å². The molecule has 0 bridgehead atoms. The average molecular weight is 297 g/mol. The molecule has 2 aromatic heterocycles. The molecule has 0 aliphatic carbocycles. The van der Waals surface area contributed by atoms with Gasteiger partial charge in [-0.05, 0) is 25.5 Å². The monoisotopic (exact) mass is 297 g/mol. The number of aryl methyl sites for hydroxylation is 2. The molecule has 0 atom stereocenters. The van der Waals surface area contributed by atoms with Crippen LogP contribution in [0.2, 0.25) is 0 Å². The van der Waals surface area contributed by atoms with Gasteiger partial charge in [0.15, 0.2) is 0 Å². The van der Waals surface area contributed by atoms with Crippen molar-refractivity contribution in [1.82, 2.24) is 15.0 Å². The Kier molecular flexibility index (Phi) is 3.71. The van der Waals surface area contributed by atoms with Crippen molar-refractivity contribution in [2.24, 2.45) is 0 Å². The van der Waals surface area contributed by atoms with E-state index >= 15 is 0 Å². The first-order valence-corrected chi connectivity index (χ1v) is 7.27. The minimum Gasteiger partial charge on any atom is -0.361 e. The largest absolute Gasteiger partial charge is 0.361 e. The van der Waals surface area contributed by atoms with Crippen molar-refractivity contribution < 1.29 is 9.32 Å². The van der Waals surface area contributed by atoms with Crippen LogP contribution in [0.25, 0.3) is 10.9 Å². The molecule has 22 heavy (non-hydrogen) atoms. The Bertz CT molecular complexity index is 797. The lowest BCUT2D eigenvalue weighted by Crippen LogP contribution is -2.28. The van der Waals surface area contributed by atoms with E-state index < -0.39 is 0 Å². The maximum atomic E-state index is 12.5. The molecular formula is C17H19N3O2. The second-order valence-electron chi connectivity index (χ2n) is 5.59. The molecule has 5 nitrogen and oxygen atoms in total. The van der Waals surface area contributed by atoms with Crippen LogP contribution in [0, 0.1) is 13.8 Å². The molecule has 3 aromatic rings. The van der Waals surface area contributed by atoms with Gasteiger partial charge in [-0.1, -0.05) is 23.4 Å². The third-order valence-electron chi connectivity index (χ3n) is 4.02. The summed E-state index contributed by atoms with van der Waals surface area (Å²) in [5.41, 5.74) is 3.89. The molecule has 114 valence electrons. The van der Waals surface area contributed by atoms with Gasteiger partial charge in [-0.2, -0.15) is 0 Å². The molecule has 0 saturated heterocycles. The number of carbonyl (C=O) groups is 1. The molecular weight excluding hydrogens is 278 g/mol. The topological polar surface area (TPSA) is 62.1 Å². The van der Waals surface area contributed by atoms with E-state index in [1.165, 1.54) is 0 Å². The average Bonchev–Trinajstić information content (AvgIpc) is 3.06. The number of carbonyl (C=O) groups excluding carboxylic acids is 1. The summed E-state index contributed by atoms with van der Waals surface area (Å²) in [5.74, 6) is 0.842. The van der Waals surface area contributed by atoms with Crippen molar-refractivity contribution in [2.75, 3.05) is 7.05 Å². The highest BCUT2D eigenvalue weighted by Crippen LogP contribution is 2.19. The quantitative estimate of drug-likeness (QED) is 0.805. The number of para-hydroxylation sites is 1. The molecule has 1 aromatic carbocycles. The Labute approximate surface area is 128 Å². The molecule has 0 spiro atoms. The number of likely N-dealkylation sites (N-methyl/N-ethyl adjacent to an activating group) is 1. The molecule has 2 heterocycles. The predicted molar refractivity (Wildman–Crippen MR) is 84.5 cm³/mol. The highest BCUT2D eigenvalue weighted by molar-refractivity contribution is 5.88. The number of nitrogens with zero attached hydrogens (tertiary/aromatic N) is 2. The molecule has 0 unspecified atom stereocenters. The normalized spacial score (nSPS) is 11.0. The Balaban J connectivity index is 1.74. The fraction of sp³-hybridized carbons (Fsp3) is 0.294. The van der Waals surface area contributed by atoms with Crippen LogP contribution in [0.1, 0.15) is 22.6 Å². The molecule has 1 amide bonds. The lowest BCUT2D eigenvalue weighted by Gasteiger charge is -2.16. The van der Waals surface area contributed by atoms with Gasteiger partial charge in [-0.3, -0.25) is 4.79 Å². The van der Waals surface area contributed by atoms with Crippen LogP contribution >= 0.6 is 0 Å². The summed E-state index contributed by atoms with van der Waals surface area (Å²) in [4.78, 5) is 17.4. The van der Waals surface area contributed by atoms with E-state index in [9.17, 15) is 4.79 Å². The van der Waals surface area contributed by atoms with Crippen LogP contribution in [0.4, 0.5) is 0 Å². The number of rotatable bonds is 4. The summed E-state index contributed by atoms with van der Waals surface area (Å²) in [5, 5.41) is 5.03. The summed E-state index contributed by atoms with van der Waals surface area (Å²) in [6.45, 7) is 4.28. The van der Waals surface area contributed by atoms with Crippen LogP contribution in [-0.4, -0.2) is 28.0 Å². The first kappa shape index (κ1) is 14.4. The summed E-state index contributed by atoms with van der Waals surface area (Å²) < 4.78 is 5.15. The van der Waals surface area contributed by atoms with Crippen LogP contribution in [0.3, 0.4) is 0 Å². The number of benzene rings is 1. The number of fused-ring (bicyclic) bond motifs is 1. The van der Waals surface area contributed by atoms with Crippen molar-refractivity contribution in [3.05, 3.63) is 53.0 Å². The van der Waals surface area contributed by atoms with E-state index in [1.807, 2.05) is 51.4 Å². The molecule has 1 N–H and O–H groups in total. The van der Waals surface area contributed by atoms with Gasteiger partial charge >= 0.3 is 0 Å². The lowest BCUT2D eigenvalue weighted by molar-refractivity contribution is -0.129. The second kappa shape index (κ2) is 5.67. The van der Waals surface area contributed by atoms with Gasteiger partial charge in [0, 0.05) is 29.7 Å². The number of nitrogens with one attached hydrogen (secondary N) is 1. The van der Waals surface area contributed by atoms with Gasteiger partial charge in [0.25, 0.3) is 0 Å². The maximum Gasteiger partial charge on any atom is 0.227 e. The Morgan fingerprint density at radius 1 is 1.32 bits per heavy atom. The molecule has 0 aliphatic rings. The van der Waals surface area contributed by atoms with E-state index in [0.29, 0.717) is 13.0 Å². The number of amides is 1. The van der Waals surface area contributed by atoms with Gasteiger partial charge in [0.1, 0.15) is 5.76 Å². The summed E-state index contributed by atoms with van der Waals surface area (Å²) >= 11 is 0. The van der Waals surface area contributed by atoms with Gasteiger partial charge in [-0.15, -0.1) is 0 Å². The van der Waals surface area contributed by atoms with Crippen LogP contribution in [0.15, 0.2) is 35.0 Å². The fourth-order valence-electron chi connectivity index (χ4n) is 2.63. The predicted octanol–water partition coefficient (Wildman–Crippen LogP) is 2.97. The molecule has 0 fully saturated rings. The Hall–Kier alpha value is -2.56. The van der Waals surface area contributed by atoms with Crippen LogP contribution in [0.5, 0.6) is 0 Å². The number of hydrogen-bond donors (Lipinski definition) is 1. The van der Waals surface area contributed by atoms with Crippen molar-refractivity contribution in [3.8, 4) is 0 Å². The number of hydrogen-bond acceptors (Lipinski definition) is 3. The molecule has 3 rings (SSSR count). The van der Waals surface area contributed by atoms with Gasteiger partial charge < -0.3 is 14.4 Å². The van der Waals surface area contributed by atoms with E-state index in [2.05, 4.69) is 10.1 Å². The zero-order valence-electron chi connectivity index (χ0n) is 13.0. The van der Waals surface area contributed by atoms with Gasteiger partial charge in [0.2, 0.25) is 5.91 Å². The Morgan fingerprint density at radius 3 is 2.82 bits per heavy atom. The smallest absolute Gasteiger partial charge is 0.227 e. The van der Waals surface area contributed by atoms with Crippen LogP contribution in [-0.2, 0) is 17.8 Å². The minimum atomic E-state index is 0.0738. The first-order valence-electron chi connectivity index (χ1n) is 7.27. The zero-order valence-corrected chi connectivity index (χ0v) is 13.0. The SMILES string of the molecule is Cc1noc(C)c1CN(C)C(=O)Cc1c[nH]c2ccccc12. The summed E-state index contributed by atoms with van der Waals surface area (Å²) in [7, 11) is 1.81. The third kappa shape index (κ3) is 2.62. The van der Waals surface area contributed by atoms with Crippen LogP contribution < -0.4 is 0 Å². The van der Waals surface area contributed by atoms with Crippen molar-refractivity contribution in [1.29, 1.82) is 0 Å². The van der Waals surface area contributed by atoms with Gasteiger partial charge in [0.05, 0.1) is 18.7 Å². The van der Waals surface area contributed by atoms with E-state index in [0.717, 1.165) is 33.5 Å². The fourth-order valence-corrected chi connectivity index (χ4v) is 2.63. The lowest BCUT2D eigenvalue weighted by atomic mass is 10.1. The van der Waals surface area contributed by atoms with E-state index in [-0.39, 0.29) is 5.91 Å². The highest BCUT2D eigenvalue weighted by Gasteiger charge is 2.17. The number of aromatic nitrogens is 2. The highest BCUT2D eigenvalue weighted by atomic mass is 16.5. The first-order chi connectivity index (χ1) is 10.6. The zero-order chi connectivity index (χ0) is 15.7. The molecule has 0 radical (unpaired) electrons. The number of aromatic amines is 1. The second-order valence-corrected chi connectivity index (χ2v) is 5.59. The maximum absolute atomic E-state index is 12.5. The molecule has 0 saturated carbocycles. The van der Waals surface area contributed by atoms with E-state index in [4.69, 9.17) is 4.52 Å². The summed E-state index contributed by atoms with van der Waals surface area (Å²) in [6, 6.07) is 8.01. The number of H-pyrrole nitrogens is 1. The van der Waals surface area contributed by atoms with Crippen molar-refractivity contribution in [3.63, 3.8) is 0 Å². The van der Waals surface area contributed by atoms with Gasteiger partial charge in [-0.25, -0.2) is 0 Å². The standard InChI is InChI=1S/C17H19N3O2/c1-11-15(12(2)22-19-11)10-20(3)17(21)8-13-9-18-16-7-5-4-6-14(13)16/h4-7,9,18H,8,10H2,1-3H3. The van der Waals surface area contributed by atoms with E-state index in [1.54, 1.807) is 4.90 Å². The molecule has 0 aliphatic heterocycles. The Morgan fingerprint density at radius 2 is 2.09 bits per heavy atom. The van der Waals surface area contributed by atoms with Crippen molar-refractivity contribution in [2.45, 2.75) is 26.8 Å². The third-order valence-corrected chi connectivity index (χ3v) is 4.02. The minimum absolute atomic E-state index is 0.0738.